The number of benzene rings is 2. The minimum atomic E-state index is -4.90. The van der Waals surface area contributed by atoms with Gasteiger partial charge >= 0.3 is 18.1 Å². The second kappa shape index (κ2) is 10.1. The predicted molar refractivity (Wildman–Crippen MR) is 126 cm³/mol. The summed E-state index contributed by atoms with van der Waals surface area (Å²) < 4.78 is 61.1. The van der Waals surface area contributed by atoms with E-state index in [1.807, 2.05) is 0 Å². The van der Waals surface area contributed by atoms with Crippen molar-refractivity contribution in [3.05, 3.63) is 84.4 Å². The molecule has 0 amide bonds. The van der Waals surface area contributed by atoms with Gasteiger partial charge in [-0.1, -0.05) is 36.4 Å². The Morgan fingerprint density at radius 3 is 2.21 bits per heavy atom. The van der Waals surface area contributed by atoms with Gasteiger partial charge in [0, 0.05) is 0 Å². The van der Waals surface area contributed by atoms with Gasteiger partial charge in [0.05, 0.1) is 17.5 Å². The van der Waals surface area contributed by atoms with E-state index in [0.29, 0.717) is 0 Å². The molecular weight excluding hydrogens is 507 g/mol. The van der Waals surface area contributed by atoms with Crippen LogP contribution in [0.5, 0.6) is 0 Å². The lowest BCUT2D eigenvalue weighted by atomic mass is 9.98. The zero-order valence-electron chi connectivity index (χ0n) is 19.5. The molecule has 0 saturated carbocycles. The first-order chi connectivity index (χ1) is 18.2. The number of ether oxygens (including phenoxy) is 3. The van der Waals surface area contributed by atoms with Gasteiger partial charge in [0.25, 0.3) is 0 Å². The summed E-state index contributed by atoms with van der Waals surface area (Å²) >= 11 is 0. The van der Waals surface area contributed by atoms with Crippen molar-refractivity contribution in [2.45, 2.75) is 24.6 Å². The van der Waals surface area contributed by atoms with E-state index in [9.17, 15) is 22.8 Å². The molecule has 0 aliphatic carbocycles. The van der Waals surface area contributed by atoms with Crippen molar-refractivity contribution in [3.8, 4) is 0 Å². The lowest BCUT2D eigenvalue weighted by Crippen LogP contribution is -2.42. The van der Waals surface area contributed by atoms with E-state index >= 15 is 0 Å². The molecule has 1 aliphatic heterocycles. The summed E-state index contributed by atoms with van der Waals surface area (Å²) in [6.07, 6.45) is -7.83. The maximum Gasteiger partial charge on any atom is 0.399 e. The number of carbonyl (C=O) groups is 2. The number of aromatic nitrogens is 4. The molecule has 2 aromatic carbocycles. The number of imidazole rings is 1. The molecular formula is C25H20F3N5O5. The van der Waals surface area contributed by atoms with Crippen LogP contribution in [-0.2, 0) is 14.2 Å². The molecule has 1 aliphatic rings. The minimum Gasteiger partial charge on any atom is -0.459 e. The van der Waals surface area contributed by atoms with Gasteiger partial charge in [-0.25, -0.2) is 24.5 Å². The maximum atomic E-state index is 14.6. The Morgan fingerprint density at radius 2 is 1.58 bits per heavy atom. The van der Waals surface area contributed by atoms with Gasteiger partial charge in [0.1, 0.15) is 36.6 Å². The van der Waals surface area contributed by atoms with Crippen molar-refractivity contribution in [2.75, 3.05) is 12.3 Å². The first-order valence-electron chi connectivity index (χ1n) is 11.4. The Balaban J connectivity index is 1.50. The number of nitrogens with zero attached hydrogens (tertiary/aromatic N) is 4. The fourth-order valence-electron chi connectivity index (χ4n) is 4.24. The number of anilines is 1. The van der Waals surface area contributed by atoms with Crippen molar-refractivity contribution in [3.63, 3.8) is 0 Å². The third-order valence-corrected chi connectivity index (χ3v) is 6.02. The average molecular weight is 527 g/mol. The normalized spacial score (nSPS) is 21.3. The molecule has 3 heterocycles. The summed E-state index contributed by atoms with van der Waals surface area (Å²) in [5, 5.41) is 0. The third-order valence-electron chi connectivity index (χ3n) is 6.02. The lowest BCUT2D eigenvalue weighted by Gasteiger charge is -2.26. The van der Waals surface area contributed by atoms with E-state index in [-0.39, 0.29) is 28.1 Å². The van der Waals surface area contributed by atoms with Crippen LogP contribution in [0.15, 0.2) is 73.3 Å². The van der Waals surface area contributed by atoms with Crippen molar-refractivity contribution in [1.82, 2.24) is 19.5 Å². The molecule has 4 aromatic rings. The van der Waals surface area contributed by atoms with E-state index in [0.717, 1.165) is 17.2 Å². The summed E-state index contributed by atoms with van der Waals surface area (Å²) in [6, 6.07) is 15.5. The van der Waals surface area contributed by atoms with Gasteiger partial charge in [0.15, 0.2) is 17.7 Å². The SMILES string of the molecule is Nc1ncnc2c1ncn2[C@@H]1O[C@H](COC(=O)c2ccccc2)[C@@H](OC(=O)c2ccccc2)[C@H]1C(F)(F)F. The molecule has 5 rings (SSSR count). The summed E-state index contributed by atoms with van der Waals surface area (Å²) in [4.78, 5) is 37.1. The number of rotatable bonds is 6. The first-order valence-corrected chi connectivity index (χ1v) is 11.4. The summed E-state index contributed by atoms with van der Waals surface area (Å²) in [5.74, 6) is -4.15. The van der Waals surface area contributed by atoms with Gasteiger partial charge in [-0.2, -0.15) is 13.2 Å². The molecule has 1 saturated heterocycles. The highest BCUT2D eigenvalue weighted by atomic mass is 19.4. The van der Waals surface area contributed by atoms with E-state index in [1.54, 1.807) is 36.4 Å². The van der Waals surface area contributed by atoms with Gasteiger partial charge < -0.3 is 19.9 Å². The standard InChI is InChI=1S/C25H20F3N5O5/c26-25(27,28)17-19(38-24(35)15-9-5-2-6-10-15)16(11-36-23(34)14-7-3-1-4-8-14)37-22(17)33-13-32-18-20(29)30-12-31-21(18)33/h1-10,12-13,16-17,19,22H,11H2,(H2,29,30,31)/t16-,17-,19-,22-/m1/s1. The molecule has 2 N–H and O–H groups in total. The second-order valence-corrected chi connectivity index (χ2v) is 8.42. The molecule has 4 atom stereocenters. The molecule has 0 unspecified atom stereocenters. The zero-order valence-corrected chi connectivity index (χ0v) is 19.5. The Bertz CT molecular complexity index is 1450. The number of nitrogen functional groups attached to an aromatic ring is 1. The van der Waals surface area contributed by atoms with E-state index in [2.05, 4.69) is 15.0 Å². The monoisotopic (exact) mass is 527 g/mol. The van der Waals surface area contributed by atoms with Crippen molar-refractivity contribution < 1.29 is 37.0 Å². The summed E-state index contributed by atoms with van der Waals surface area (Å²) in [5.41, 5.74) is 6.10. The van der Waals surface area contributed by atoms with Gasteiger partial charge in [-0.3, -0.25) is 4.57 Å². The number of hydrogen-bond acceptors (Lipinski definition) is 9. The number of hydrogen-bond donors (Lipinski definition) is 1. The van der Waals surface area contributed by atoms with Crippen LogP contribution in [0.3, 0.4) is 0 Å². The van der Waals surface area contributed by atoms with Crippen LogP contribution in [0.4, 0.5) is 19.0 Å². The number of nitrogens with two attached hydrogens (primary N) is 1. The predicted octanol–water partition coefficient (Wildman–Crippen LogP) is 3.57. The largest absolute Gasteiger partial charge is 0.459 e. The fraction of sp³-hybridized carbons (Fsp3) is 0.240. The molecule has 1 fully saturated rings. The number of halogens is 3. The second-order valence-electron chi connectivity index (χ2n) is 8.42. The van der Waals surface area contributed by atoms with Crippen LogP contribution in [0, 0.1) is 5.92 Å². The van der Waals surface area contributed by atoms with Gasteiger partial charge in [0.2, 0.25) is 0 Å². The highest BCUT2D eigenvalue weighted by Gasteiger charge is 2.61. The van der Waals surface area contributed by atoms with Crippen LogP contribution < -0.4 is 5.73 Å². The first kappa shape index (κ1) is 25.1. The number of esters is 2. The van der Waals surface area contributed by atoms with Crippen LogP contribution in [0.2, 0.25) is 0 Å². The number of alkyl halides is 3. The Labute approximate surface area is 213 Å². The van der Waals surface area contributed by atoms with Gasteiger partial charge in [-0.15, -0.1) is 0 Å². The van der Waals surface area contributed by atoms with Crippen LogP contribution in [0.25, 0.3) is 11.2 Å². The highest BCUT2D eigenvalue weighted by molar-refractivity contribution is 5.90. The average Bonchev–Trinajstić information content (AvgIpc) is 3.50. The quantitative estimate of drug-likeness (QED) is 0.374. The minimum absolute atomic E-state index is 0.00758. The molecule has 2 aromatic heterocycles. The fourth-order valence-corrected chi connectivity index (χ4v) is 4.24. The molecule has 196 valence electrons. The molecule has 13 heteroatoms. The summed E-state index contributed by atoms with van der Waals surface area (Å²) in [6.45, 7) is -0.618. The molecule has 0 radical (unpaired) electrons. The van der Waals surface area contributed by atoms with Crippen molar-refractivity contribution in [1.29, 1.82) is 0 Å². The Morgan fingerprint density at radius 1 is 0.947 bits per heavy atom. The maximum absolute atomic E-state index is 14.6. The van der Waals surface area contributed by atoms with E-state index in [1.165, 1.54) is 24.3 Å². The Hall–Kier alpha value is -4.52. The van der Waals surface area contributed by atoms with Crippen LogP contribution in [0.1, 0.15) is 26.9 Å². The topological polar surface area (TPSA) is 131 Å². The Kier molecular flexibility index (Phi) is 6.68. The van der Waals surface area contributed by atoms with E-state index < -0.39 is 49.1 Å². The lowest BCUT2D eigenvalue weighted by molar-refractivity contribution is -0.210. The van der Waals surface area contributed by atoms with E-state index in [4.69, 9.17) is 19.9 Å². The highest BCUT2D eigenvalue weighted by Crippen LogP contribution is 2.47. The van der Waals surface area contributed by atoms with Gasteiger partial charge in [-0.05, 0) is 24.3 Å². The van der Waals surface area contributed by atoms with Crippen molar-refractivity contribution >= 4 is 28.9 Å². The van der Waals surface area contributed by atoms with Crippen molar-refractivity contribution in [2.24, 2.45) is 5.92 Å². The molecule has 38 heavy (non-hydrogen) atoms. The third kappa shape index (κ3) is 4.87. The van der Waals surface area contributed by atoms with Crippen LogP contribution >= 0.6 is 0 Å². The molecule has 0 spiro atoms. The smallest absolute Gasteiger partial charge is 0.399 e. The number of carbonyl (C=O) groups excluding carboxylic acids is 2. The number of fused-ring (bicyclic) bond motifs is 1. The summed E-state index contributed by atoms with van der Waals surface area (Å²) in [7, 11) is 0. The van der Waals surface area contributed by atoms with Crippen LogP contribution in [-0.4, -0.2) is 56.4 Å². The molecule has 10 nitrogen and oxygen atoms in total. The molecule has 0 bridgehead atoms. The zero-order chi connectivity index (χ0) is 26.9.